The average molecular weight is 369 g/mol. The van der Waals surface area contributed by atoms with Crippen LogP contribution in [0.1, 0.15) is 21.5 Å². The second kappa shape index (κ2) is 9.02. The lowest BCUT2D eigenvalue weighted by Crippen LogP contribution is -2.34. The van der Waals surface area contributed by atoms with E-state index in [9.17, 15) is 25.2 Å². The summed E-state index contributed by atoms with van der Waals surface area (Å²) < 4.78 is 0. The summed E-state index contributed by atoms with van der Waals surface area (Å²) in [6, 6.07) is 15.2. The van der Waals surface area contributed by atoms with E-state index >= 15 is 0 Å². The van der Waals surface area contributed by atoms with Crippen LogP contribution in [0.15, 0.2) is 66.1 Å². The molecule has 5 N–H and O–H groups in total. The van der Waals surface area contributed by atoms with Crippen LogP contribution in [0.5, 0.6) is 0 Å². The molecule has 0 saturated carbocycles. The van der Waals surface area contributed by atoms with E-state index in [4.69, 9.17) is 0 Å². The predicted octanol–water partition coefficient (Wildman–Crippen LogP) is 2.52. The van der Waals surface area contributed by atoms with E-state index in [-0.39, 0.29) is 11.7 Å². The Kier molecular flexibility index (Phi) is 6.76. The molecule has 2 aromatic rings. The van der Waals surface area contributed by atoms with Crippen molar-refractivity contribution >= 4 is 18.1 Å². The van der Waals surface area contributed by atoms with E-state index in [0.29, 0.717) is 16.7 Å². The Morgan fingerprint density at radius 2 is 1.37 bits per heavy atom. The molecular weight excluding hydrogens is 346 g/mol. The van der Waals surface area contributed by atoms with Crippen LogP contribution in [0.25, 0.3) is 12.2 Å². The van der Waals surface area contributed by atoms with Gasteiger partial charge in [0.1, 0.15) is 16.9 Å². The van der Waals surface area contributed by atoms with Crippen molar-refractivity contribution in [2.45, 2.75) is 0 Å². The number of benzene rings is 2. The fourth-order valence-electron chi connectivity index (χ4n) is 2.52. The van der Waals surface area contributed by atoms with Crippen LogP contribution in [0.2, 0.25) is 0 Å². The molecule has 0 fully saturated rings. The summed E-state index contributed by atoms with van der Waals surface area (Å²) in [5.41, 5.74) is -0.0885. The minimum absolute atomic E-state index is 0.238. The van der Waals surface area contributed by atoms with Crippen LogP contribution in [-0.4, -0.2) is 46.6 Å². The number of amides is 1. The summed E-state index contributed by atoms with van der Waals surface area (Å²) in [4.78, 5) is 11.6. The number of hydrogen-bond acceptors (Lipinski definition) is 5. The number of carbonyl (C=O) groups is 1. The molecule has 6 heteroatoms. The lowest BCUT2D eigenvalue weighted by atomic mass is 9.83. The van der Waals surface area contributed by atoms with E-state index in [1.165, 1.54) is 19.2 Å². The first-order valence-corrected chi connectivity index (χ1v) is 8.38. The fourth-order valence-corrected chi connectivity index (χ4v) is 2.52. The SMILES string of the molecule is CNC(=O)c1ccc(C=C(O)C(CO)(CO)C(O)=Cc2ccccc2)cc1. The molecule has 0 aromatic heterocycles. The molecule has 1 amide bonds. The Morgan fingerprint density at radius 1 is 0.889 bits per heavy atom. The van der Waals surface area contributed by atoms with Crippen LogP contribution < -0.4 is 5.32 Å². The van der Waals surface area contributed by atoms with Crippen LogP contribution >= 0.6 is 0 Å². The molecular formula is C21H23NO5. The largest absolute Gasteiger partial charge is 0.511 e. The van der Waals surface area contributed by atoms with Crippen molar-refractivity contribution < 1.29 is 25.2 Å². The first-order valence-electron chi connectivity index (χ1n) is 8.38. The fraction of sp³-hybridized carbons (Fsp3) is 0.190. The van der Waals surface area contributed by atoms with Crippen LogP contribution in [0.4, 0.5) is 0 Å². The number of carbonyl (C=O) groups excluding carboxylic acids is 1. The molecule has 0 bridgehead atoms. The molecule has 0 unspecified atom stereocenters. The molecule has 6 nitrogen and oxygen atoms in total. The third-order valence-electron chi connectivity index (χ3n) is 4.33. The Hall–Kier alpha value is -3.09. The normalized spacial score (nSPS) is 12.7. The van der Waals surface area contributed by atoms with Crippen molar-refractivity contribution in [1.29, 1.82) is 0 Å². The highest BCUT2D eigenvalue weighted by Crippen LogP contribution is 2.34. The summed E-state index contributed by atoms with van der Waals surface area (Å²) in [7, 11) is 1.53. The van der Waals surface area contributed by atoms with Crippen molar-refractivity contribution in [3.05, 3.63) is 82.8 Å². The maximum Gasteiger partial charge on any atom is 0.251 e. The lowest BCUT2D eigenvalue weighted by molar-refractivity contribution is 0.0487. The van der Waals surface area contributed by atoms with Crippen molar-refractivity contribution in [2.75, 3.05) is 20.3 Å². The minimum Gasteiger partial charge on any atom is -0.511 e. The number of rotatable bonds is 7. The van der Waals surface area contributed by atoms with Gasteiger partial charge in [0.25, 0.3) is 5.91 Å². The summed E-state index contributed by atoms with van der Waals surface area (Å²) in [6.07, 6.45) is 2.71. The summed E-state index contributed by atoms with van der Waals surface area (Å²) in [5.74, 6) is -1.00. The standard InChI is InChI=1S/C21H23NO5/c1-22-20(27)17-9-7-16(8-10-17)12-19(26)21(13-23,14-24)18(25)11-15-5-3-2-4-6-15/h2-12,23-26H,13-14H2,1H3,(H,22,27). The lowest BCUT2D eigenvalue weighted by Gasteiger charge is -2.28. The van der Waals surface area contributed by atoms with Gasteiger partial charge in [-0.05, 0) is 35.4 Å². The minimum atomic E-state index is -1.74. The van der Waals surface area contributed by atoms with E-state index in [2.05, 4.69) is 5.32 Å². The maximum atomic E-state index is 11.6. The summed E-state index contributed by atoms with van der Waals surface area (Å²) in [6.45, 7) is -1.39. The Morgan fingerprint density at radius 3 is 1.81 bits per heavy atom. The molecule has 142 valence electrons. The average Bonchev–Trinajstić information content (AvgIpc) is 2.70. The highest BCUT2D eigenvalue weighted by molar-refractivity contribution is 5.94. The highest BCUT2D eigenvalue weighted by Gasteiger charge is 2.38. The Balaban J connectivity index is 2.38. The first-order chi connectivity index (χ1) is 13.0. The van der Waals surface area contributed by atoms with Gasteiger partial charge in [0.15, 0.2) is 0 Å². The van der Waals surface area contributed by atoms with Crippen molar-refractivity contribution in [2.24, 2.45) is 5.41 Å². The predicted molar refractivity (Wildman–Crippen MR) is 104 cm³/mol. The molecule has 0 atom stereocenters. The van der Waals surface area contributed by atoms with Crippen LogP contribution in [0, 0.1) is 5.41 Å². The molecule has 0 aliphatic heterocycles. The smallest absolute Gasteiger partial charge is 0.251 e. The molecule has 2 aromatic carbocycles. The molecule has 2 rings (SSSR count). The number of hydrogen-bond donors (Lipinski definition) is 5. The zero-order chi connectivity index (χ0) is 19.9. The highest BCUT2D eigenvalue weighted by atomic mass is 16.3. The van der Waals surface area contributed by atoms with Gasteiger partial charge in [0.05, 0.1) is 13.2 Å². The zero-order valence-corrected chi connectivity index (χ0v) is 15.0. The molecule has 27 heavy (non-hydrogen) atoms. The van der Waals surface area contributed by atoms with Crippen LogP contribution in [0.3, 0.4) is 0 Å². The summed E-state index contributed by atoms with van der Waals surface area (Å²) >= 11 is 0. The van der Waals surface area contributed by atoms with E-state index in [1.54, 1.807) is 48.5 Å². The molecule has 0 saturated heterocycles. The van der Waals surface area contributed by atoms with Gasteiger partial charge in [-0.3, -0.25) is 4.79 Å². The van der Waals surface area contributed by atoms with E-state index < -0.39 is 24.4 Å². The van der Waals surface area contributed by atoms with Gasteiger partial charge in [-0.1, -0.05) is 42.5 Å². The number of aliphatic hydroxyl groups excluding tert-OH is 4. The van der Waals surface area contributed by atoms with Crippen molar-refractivity contribution in [3.63, 3.8) is 0 Å². The van der Waals surface area contributed by atoms with Crippen molar-refractivity contribution in [1.82, 2.24) is 5.32 Å². The van der Waals surface area contributed by atoms with Gasteiger partial charge in [-0.15, -0.1) is 0 Å². The number of nitrogens with one attached hydrogen (secondary N) is 1. The molecule has 0 spiro atoms. The van der Waals surface area contributed by atoms with Gasteiger partial charge in [0.2, 0.25) is 0 Å². The molecule has 0 radical (unpaired) electrons. The van der Waals surface area contributed by atoms with Gasteiger partial charge in [-0.25, -0.2) is 0 Å². The molecule has 0 aliphatic rings. The van der Waals surface area contributed by atoms with Crippen molar-refractivity contribution in [3.8, 4) is 0 Å². The van der Waals surface area contributed by atoms with E-state index in [0.717, 1.165) is 0 Å². The second-order valence-corrected chi connectivity index (χ2v) is 6.07. The first kappa shape index (κ1) is 20.2. The topological polar surface area (TPSA) is 110 Å². The molecule has 0 aliphatic carbocycles. The van der Waals surface area contributed by atoms with Gasteiger partial charge < -0.3 is 25.7 Å². The third-order valence-corrected chi connectivity index (χ3v) is 4.33. The molecule has 0 heterocycles. The van der Waals surface area contributed by atoms with Crippen LogP contribution in [-0.2, 0) is 0 Å². The number of aliphatic hydroxyl groups is 4. The van der Waals surface area contributed by atoms with E-state index in [1.807, 2.05) is 6.07 Å². The van der Waals surface area contributed by atoms with Gasteiger partial charge >= 0.3 is 0 Å². The Bertz CT molecular complexity index is 821. The maximum absolute atomic E-state index is 11.6. The summed E-state index contributed by atoms with van der Waals surface area (Å²) in [5, 5.41) is 43.2. The second-order valence-electron chi connectivity index (χ2n) is 6.07. The monoisotopic (exact) mass is 369 g/mol. The van der Waals surface area contributed by atoms with Gasteiger partial charge in [0, 0.05) is 12.6 Å². The Labute approximate surface area is 157 Å². The third kappa shape index (κ3) is 4.55. The zero-order valence-electron chi connectivity index (χ0n) is 15.0. The van der Waals surface area contributed by atoms with Gasteiger partial charge in [-0.2, -0.15) is 0 Å². The quantitative estimate of drug-likeness (QED) is 0.482.